The summed E-state index contributed by atoms with van der Waals surface area (Å²) >= 11 is 0. The van der Waals surface area contributed by atoms with Crippen molar-refractivity contribution in [2.75, 3.05) is 31.2 Å². The molecular weight excluding hydrogens is 226 g/mol. The van der Waals surface area contributed by atoms with Crippen molar-refractivity contribution in [3.05, 3.63) is 0 Å². The molecule has 2 heterocycles. The molecule has 2 unspecified atom stereocenters. The summed E-state index contributed by atoms with van der Waals surface area (Å²) in [6.07, 6.45) is 3.97. The van der Waals surface area contributed by atoms with E-state index >= 15 is 0 Å². The second kappa shape index (κ2) is 5.02. The van der Waals surface area contributed by atoms with Gasteiger partial charge >= 0.3 is 0 Å². The van der Waals surface area contributed by atoms with Crippen LogP contribution in [0, 0.1) is 5.92 Å². The zero-order valence-corrected chi connectivity index (χ0v) is 10.5. The zero-order valence-electron chi connectivity index (χ0n) is 9.64. The Hall–Kier alpha value is -0.130. The van der Waals surface area contributed by atoms with Crippen LogP contribution in [0.2, 0.25) is 0 Å². The maximum Gasteiger partial charge on any atom is 0.151 e. The fraction of sp³-hybridized carbons (Fsp3) is 1.00. The lowest BCUT2D eigenvalue weighted by Gasteiger charge is -2.36. The molecule has 1 N–H and O–H groups in total. The van der Waals surface area contributed by atoms with E-state index in [1.165, 1.54) is 6.42 Å². The van der Waals surface area contributed by atoms with Gasteiger partial charge in [-0.2, -0.15) is 0 Å². The molecule has 0 aromatic heterocycles. The number of aliphatic hydroxyl groups is 1. The molecule has 0 bridgehead atoms. The van der Waals surface area contributed by atoms with Crippen LogP contribution in [0.4, 0.5) is 0 Å². The Morgan fingerprint density at radius 2 is 2.12 bits per heavy atom. The van der Waals surface area contributed by atoms with E-state index in [0.29, 0.717) is 17.4 Å². The highest BCUT2D eigenvalue weighted by atomic mass is 32.2. The number of piperidine rings is 1. The van der Waals surface area contributed by atoms with Gasteiger partial charge in [0.05, 0.1) is 11.5 Å². The fourth-order valence-corrected chi connectivity index (χ4v) is 4.67. The molecular formula is C11H21NO3S. The van der Waals surface area contributed by atoms with Gasteiger partial charge in [0.2, 0.25) is 0 Å². The van der Waals surface area contributed by atoms with Gasteiger partial charge in [0, 0.05) is 19.2 Å². The minimum absolute atomic E-state index is 0.242. The van der Waals surface area contributed by atoms with Gasteiger partial charge in [0.15, 0.2) is 9.84 Å². The van der Waals surface area contributed by atoms with Crippen LogP contribution in [-0.2, 0) is 9.84 Å². The Kier molecular flexibility index (Phi) is 3.87. The standard InChI is InChI=1S/C11H21NO3S/c13-6-3-10-2-1-5-12(8-10)11-4-7-16(14,15)9-11/h10-11,13H,1-9H2. The summed E-state index contributed by atoms with van der Waals surface area (Å²) in [5, 5.41) is 8.94. The maximum atomic E-state index is 11.4. The number of likely N-dealkylation sites (tertiary alicyclic amines) is 1. The van der Waals surface area contributed by atoms with Gasteiger partial charge in [-0.25, -0.2) is 8.42 Å². The predicted molar refractivity (Wildman–Crippen MR) is 63.1 cm³/mol. The van der Waals surface area contributed by atoms with Crippen molar-refractivity contribution >= 4 is 9.84 Å². The first-order chi connectivity index (χ1) is 7.61. The lowest BCUT2D eigenvalue weighted by molar-refractivity contribution is 0.117. The first-order valence-electron chi connectivity index (χ1n) is 6.16. The minimum Gasteiger partial charge on any atom is -0.396 e. The largest absolute Gasteiger partial charge is 0.396 e. The van der Waals surface area contributed by atoms with E-state index in [4.69, 9.17) is 5.11 Å². The molecule has 0 saturated carbocycles. The molecule has 2 atom stereocenters. The summed E-state index contributed by atoms with van der Waals surface area (Å²) in [7, 11) is -2.77. The van der Waals surface area contributed by atoms with E-state index in [9.17, 15) is 8.42 Å². The highest BCUT2D eigenvalue weighted by Gasteiger charge is 2.34. The van der Waals surface area contributed by atoms with Crippen LogP contribution in [0.1, 0.15) is 25.7 Å². The summed E-state index contributed by atoms with van der Waals surface area (Å²) < 4.78 is 22.8. The number of aliphatic hydroxyl groups excluding tert-OH is 1. The van der Waals surface area contributed by atoms with E-state index in [2.05, 4.69) is 4.90 Å². The van der Waals surface area contributed by atoms with Crippen LogP contribution >= 0.6 is 0 Å². The Labute approximate surface area is 97.6 Å². The van der Waals surface area contributed by atoms with Crippen LogP contribution in [0.5, 0.6) is 0 Å². The Morgan fingerprint density at radius 3 is 2.75 bits per heavy atom. The number of nitrogens with zero attached hydrogens (tertiary/aromatic N) is 1. The molecule has 2 aliphatic heterocycles. The third-order valence-electron chi connectivity index (χ3n) is 3.81. The van der Waals surface area contributed by atoms with Gasteiger partial charge in [-0.15, -0.1) is 0 Å². The third kappa shape index (κ3) is 2.96. The first-order valence-corrected chi connectivity index (χ1v) is 7.98. The molecule has 94 valence electrons. The van der Waals surface area contributed by atoms with Crippen molar-refractivity contribution in [2.45, 2.75) is 31.7 Å². The molecule has 2 aliphatic rings. The van der Waals surface area contributed by atoms with E-state index in [-0.39, 0.29) is 12.6 Å². The summed E-state index contributed by atoms with van der Waals surface area (Å²) in [4.78, 5) is 2.33. The molecule has 2 fully saturated rings. The highest BCUT2D eigenvalue weighted by molar-refractivity contribution is 7.91. The maximum absolute atomic E-state index is 11.4. The van der Waals surface area contributed by atoms with Crippen LogP contribution in [0.25, 0.3) is 0 Å². The van der Waals surface area contributed by atoms with Crippen molar-refractivity contribution in [3.63, 3.8) is 0 Å². The molecule has 0 aliphatic carbocycles. The van der Waals surface area contributed by atoms with Gasteiger partial charge in [0.1, 0.15) is 0 Å². The number of hydrogen-bond acceptors (Lipinski definition) is 4. The second-order valence-corrected chi connectivity index (χ2v) is 7.30. The first kappa shape index (κ1) is 12.3. The van der Waals surface area contributed by atoms with Crippen LogP contribution in [0.15, 0.2) is 0 Å². The number of rotatable bonds is 3. The van der Waals surface area contributed by atoms with Crippen LogP contribution in [0.3, 0.4) is 0 Å². The lowest BCUT2D eigenvalue weighted by atomic mass is 9.94. The molecule has 0 spiro atoms. The molecule has 16 heavy (non-hydrogen) atoms. The van der Waals surface area contributed by atoms with Gasteiger partial charge in [0.25, 0.3) is 0 Å². The van der Waals surface area contributed by atoms with Crippen molar-refractivity contribution in [3.8, 4) is 0 Å². The number of sulfone groups is 1. The Balaban J connectivity index is 1.90. The highest BCUT2D eigenvalue weighted by Crippen LogP contribution is 2.25. The van der Waals surface area contributed by atoms with Gasteiger partial charge < -0.3 is 5.11 Å². The van der Waals surface area contributed by atoms with E-state index < -0.39 is 9.84 Å². The summed E-state index contributed by atoms with van der Waals surface area (Å²) in [5.41, 5.74) is 0. The molecule has 4 nitrogen and oxygen atoms in total. The fourth-order valence-electron chi connectivity index (χ4n) is 2.91. The topological polar surface area (TPSA) is 57.6 Å². The van der Waals surface area contributed by atoms with Crippen molar-refractivity contribution < 1.29 is 13.5 Å². The predicted octanol–water partition coefficient (Wildman–Crippen LogP) is 0.268. The molecule has 0 radical (unpaired) electrons. The van der Waals surface area contributed by atoms with E-state index in [1.807, 2.05) is 0 Å². The monoisotopic (exact) mass is 247 g/mol. The molecule has 2 rings (SSSR count). The van der Waals surface area contributed by atoms with Crippen LogP contribution < -0.4 is 0 Å². The quantitative estimate of drug-likeness (QED) is 0.777. The third-order valence-corrected chi connectivity index (χ3v) is 5.56. The summed E-state index contributed by atoms with van der Waals surface area (Å²) in [6.45, 7) is 2.25. The van der Waals surface area contributed by atoms with E-state index in [0.717, 1.165) is 32.4 Å². The zero-order chi connectivity index (χ0) is 11.6. The summed E-state index contributed by atoms with van der Waals surface area (Å²) in [6, 6.07) is 0.242. The van der Waals surface area contributed by atoms with Crippen LogP contribution in [-0.4, -0.2) is 55.7 Å². The minimum atomic E-state index is -2.77. The molecule has 0 amide bonds. The molecule has 2 saturated heterocycles. The lowest BCUT2D eigenvalue weighted by Crippen LogP contribution is -2.43. The van der Waals surface area contributed by atoms with Crippen molar-refractivity contribution in [1.29, 1.82) is 0 Å². The van der Waals surface area contributed by atoms with E-state index in [1.54, 1.807) is 0 Å². The normalized spacial score (nSPS) is 35.3. The number of hydrogen-bond donors (Lipinski definition) is 1. The Morgan fingerprint density at radius 1 is 1.31 bits per heavy atom. The Bertz CT molecular complexity index is 326. The molecule has 0 aromatic carbocycles. The van der Waals surface area contributed by atoms with Gasteiger partial charge in [-0.3, -0.25) is 4.90 Å². The second-order valence-electron chi connectivity index (χ2n) is 5.07. The molecule has 0 aromatic rings. The van der Waals surface area contributed by atoms with Crippen molar-refractivity contribution in [2.24, 2.45) is 5.92 Å². The van der Waals surface area contributed by atoms with Gasteiger partial charge in [-0.1, -0.05) is 0 Å². The average molecular weight is 247 g/mol. The smallest absolute Gasteiger partial charge is 0.151 e. The average Bonchev–Trinajstić information content (AvgIpc) is 2.60. The van der Waals surface area contributed by atoms with Gasteiger partial charge in [-0.05, 0) is 38.1 Å². The van der Waals surface area contributed by atoms with Crippen molar-refractivity contribution in [1.82, 2.24) is 4.90 Å². The summed E-state index contributed by atoms with van der Waals surface area (Å²) in [5.74, 6) is 1.26. The molecule has 5 heteroatoms. The SMILES string of the molecule is O=S1(=O)CCC(N2CCCC(CCO)C2)C1.